The van der Waals surface area contributed by atoms with Crippen molar-refractivity contribution in [3.63, 3.8) is 0 Å². The lowest BCUT2D eigenvalue weighted by Crippen LogP contribution is -2.59. The Balaban J connectivity index is 3.08. The van der Waals surface area contributed by atoms with Crippen LogP contribution in [0.4, 0.5) is 0 Å². The van der Waals surface area contributed by atoms with E-state index in [1.54, 1.807) is 65.8 Å². The summed E-state index contributed by atoms with van der Waals surface area (Å²) in [6.45, 7) is 10.5. The molecule has 0 radical (unpaired) electrons. The molecule has 178 valence electrons. The lowest BCUT2D eigenvalue weighted by atomic mass is 9.81. The molecule has 0 aliphatic rings. The lowest BCUT2D eigenvalue weighted by molar-refractivity contribution is -0.148. The zero-order valence-corrected chi connectivity index (χ0v) is 20.2. The minimum Gasteiger partial charge on any atom is -0.481 e. The summed E-state index contributed by atoms with van der Waals surface area (Å²) in [5.74, 6) is -2.80. The van der Waals surface area contributed by atoms with Crippen molar-refractivity contribution in [2.75, 3.05) is 6.61 Å². The van der Waals surface area contributed by atoms with Crippen LogP contribution in [0.15, 0.2) is 24.3 Å². The first-order valence-corrected chi connectivity index (χ1v) is 10.8. The summed E-state index contributed by atoms with van der Waals surface area (Å²) in [6.07, 6.45) is -0.444. The van der Waals surface area contributed by atoms with E-state index in [0.29, 0.717) is 5.02 Å². The minimum atomic E-state index is -1.13. The predicted molar refractivity (Wildman–Crippen MR) is 121 cm³/mol. The summed E-state index contributed by atoms with van der Waals surface area (Å²) in [4.78, 5) is 49.4. The van der Waals surface area contributed by atoms with Gasteiger partial charge in [-0.2, -0.15) is 0 Å². The molecule has 0 aliphatic heterocycles. The first kappa shape index (κ1) is 27.4. The molecule has 0 spiro atoms. The van der Waals surface area contributed by atoms with Gasteiger partial charge >= 0.3 is 11.9 Å². The number of carbonyl (C=O) groups is 4. The number of halogens is 1. The second-order valence-electron chi connectivity index (χ2n) is 9.15. The number of hydrogen-bond acceptors (Lipinski definition) is 5. The van der Waals surface area contributed by atoms with Gasteiger partial charge in [0.25, 0.3) is 0 Å². The van der Waals surface area contributed by atoms with Crippen LogP contribution in [0.2, 0.25) is 5.02 Å². The first-order valence-electron chi connectivity index (χ1n) is 10.5. The largest absolute Gasteiger partial charge is 0.481 e. The Morgan fingerprint density at radius 1 is 1.03 bits per heavy atom. The molecule has 2 atom stereocenters. The van der Waals surface area contributed by atoms with Crippen LogP contribution in [0, 0.1) is 5.41 Å². The summed E-state index contributed by atoms with van der Waals surface area (Å²) in [5, 5.41) is 14.9. The second kappa shape index (κ2) is 11.3. The zero-order valence-electron chi connectivity index (χ0n) is 19.5. The van der Waals surface area contributed by atoms with Crippen molar-refractivity contribution < 1.29 is 29.0 Å². The summed E-state index contributed by atoms with van der Waals surface area (Å²) in [6, 6.07) is 4.75. The Morgan fingerprint density at radius 3 is 2.06 bits per heavy atom. The quantitative estimate of drug-likeness (QED) is 0.453. The van der Waals surface area contributed by atoms with Crippen LogP contribution in [0.5, 0.6) is 0 Å². The summed E-state index contributed by atoms with van der Waals surface area (Å²) < 4.78 is 4.96. The fourth-order valence-corrected chi connectivity index (χ4v) is 3.13. The van der Waals surface area contributed by atoms with Gasteiger partial charge in [-0.05, 0) is 50.3 Å². The van der Waals surface area contributed by atoms with Crippen molar-refractivity contribution in [2.24, 2.45) is 5.41 Å². The van der Waals surface area contributed by atoms with Gasteiger partial charge in [0, 0.05) is 11.4 Å². The van der Waals surface area contributed by atoms with Crippen LogP contribution in [-0.2, 0) is 29.3 Å². The van der Waals surface area contributed by atoms with Crippen LogP contribution < -0.4 is 10.6 Å². The molecular weight excluding hydrogens is 436 g/mol. The lowest BCUT2D eigenvalue weighted by Gasteiger charge is -2.34. The van der Waals surface area contributed by atoms with Crippen LogP contribution >= 0.6 is 11.6 Å². The zero-order chi connectivity index (χ0) is 24.7. The first-order chi connectivity index (χ1) is 14.7. The molecule has 0 unspecified atom stereocenters. The number of nitrogens with one attached hydrogen (secondary N) is 2. The van der Waals surface area contributed by atoms with E-state index < -0.39 is 40.8 Å². The van der Waals surface area contributed by atoms with Crippen LogP contribution in [-0.4, -0.2) is 47.6 Å². The van der Waals surface area contributed by atoms with E-state index in [0.717, 1.165) is 5.56 Å². The fourth-order valence-electron chi connectivity index (χ4n) is 3.00. The van der Waals surface area contributed by atoms with E-state index >= 15 is 0 Å². The molecule has 0 fully saturated rings. The standard InChI is InChI=1S/C23H33ClN2O6/c1-7-32-20(30)16(12-13-17(27)28)25-19(29)18(22(2,3)4)26-21(31)23(5,6)14-8-10-15(24)11-9-14/h8-11,16,18H,7,12-13H2,1-6H3,(H,25,29)(H,26,31)(H,27,28)/t16-,18-/m1/s1. The Kier molecular flexibility index (Phi) is 9.70. The highest BCUT2D eigenvalue weighted by Crippen LogP contribution is 2.27. The minimum absolute atomic E-state index is 0.0903. The number of carboxylic acids is 1. The molecule has 1 rings (SSSR count). The van der Waals surface area contributed by atoms with Crippen molar-refractivity contribution in [3.05, 3.63) is 34.9 Å². The number of esters is 1. The molecule has 0 heterocycles. The second-order valence-corrected chi connectivity index (χ2v) is 9.59. The number of benzene rings is 1. The van der Waals surface area contributed by atoms with Gasteiger partial charge in [-0.15, -0.1) is 0 Å². The monoisotopic (exact) mass is 468 g/mol. The number of rotatable bonds is 10. The third-order valence-electron chi connectivity index (χ3n) is 5.07. The topological polar surface area (TPSA) is 122 Å². The third kappa shape index (κ3) is 7.82. The Hall–Kier alpha value is -2.61. The predicted octanol–water partition coefficient (Wildman–Crippen LogP) is 3.06. The summed E-state index contributed by atoms with van der Waals surface area (Å²) in [7, 11) is 0. The van der Waals surface area contributed by atoms with Crippen LogP contribution in [0.3, 0.4) is 0 Å². The molecule has 9 heteroatoms. The third-order valence-corrected chi connectivity index (χ3v) is 5.32. The molecule has 0 aliphatic carbocycles. The van der Waals surface area contributed by atoms with Crippen LogP contribution in [0.25, 0.3) is 0 Å². The van der Waals surface area contributed by atoms with Crippen molar-refractivity contribution in [3.8, 4) is 0 Å². The van der Waals surface area contributed by atoms with Crippen LogP contribution in [0.1, 0.15) is 59.9 Å². The Bertz CT molecular complexity index is 830. The van der Waals surface area contributed by atoms with E-state index in [2.05, 4.69) is 10.6 Å². The number of ether oxygens (including phenoxy) is 1. The molecule has 2 amide bonds. The normalized spacial score (nSPS) is 13.6. The molecule has 1 aromatic carbocycles. The Morgan fingerprint density at radius 2 is 1.59 bits per heavy atom. The number of aliphatic carboxylic acids is 1. The smallest absolute Gasteiger partial charge is 0.328 e. The molecule has 8 nitrogen and oxygen atoms in total. The number of hydrogen-bond donors (Lipinski definition) is 3. The van der Waals surface area contributed by atoms with E-state index in [9.17, 15) is 19.2 Å². The van der Waals surface area contributed by atoms with E-state index in [1.807, 2.05) is 0 Å². The molecule has 32 heavy (non-hydrogen) atoms. The highest BCUT2D eigenvalue weighted by molar-refractivity contribution is 6.30. The number of amides is 2. The number of carboxylic acid groups (broad SMARTS) is 1. The maximum Gasteiger partial charge on any atom is 0.328 e. The molecule has 0 saturated carbocycles. The van der Waals surface area contributed by atoms with Gasteiger partial charge in [-0.3, -0.25) is 14.4 Å². The van der Waals surface area contributed by atoms with Gasteiger partial charge in [-0.25, -0.2) is 4.79 Å². The van der Waals surface area contributed by atoms with Gasteiger partial charge in [0.15, 0.2) is 0 Å². The average molecular weight is 469 g/mol. The van der Waals surface area contributed by atoms with Gasteiger partial charge in [0.1, 0.15) is 12.1 Å². The fraction of sp³-hybridized carbons (Fsp3) is 0.565. The molecule has 1 aromatic rings. The van der Waals surface area contributed by atoms with Gasteiger partial charge < -0.3 is 20.5 Å². The highest BCUT2D eigenvalue weighted by Gasteiger charge is 2.39. The van der Waals surface area contributed by atoms with Gasteiger partial charge in [-0.1, -0.05) is 44.5 Å². The molecule has 3 N–H and O–H groups in total. The van der Waals surface area contributed by atoms with Crippen molar-refractivity contribution >= 4 is 35.4 Å². The van der Waals surface area contributed by atoms with Crippen molar-refractivity contribution in [1.29, 1.82) is 0 Å². The summed E-state index contributed by atoms with van der Waals surface area (Å²) in [5.41, 5.74) is -0.932. The number of carbonyl (C=O) groups excluding carboxylic acids is 3. The maximum absolute atomic E-state index is 13.2. The van der Waals surface area contributed by atoms with E-state index in [4.69, 9.17) is 21.4 Å². The van der Waals surface area contributed by atoms with E-state index in [-0.39, 0.29) is 25.4 Å². The van der Waals surface area contributed by atoms with E-state index in [1.165, 1.54) is 0 Å². The maximum atomic E-state index is 13.2. The van der Waals surface area contributed by atoms with Crippen molar-refractivity contribution in [2.45, 2.75) is 71.9 Å². The van der Waals surface area contributed by atoms with Crippen molar-refractivity contribution in [1.82, 2.24) is 10.6 Å². The SMILES string of the molecule is CCOC(=O)[C@@H](CCC(=O)O)NC(=O)[C@@H](NC(=O)C(C)(C)c1ccc(Cl)cc1)C(C)(C)C. The Labute approximate surface area is 194 Å². The molecule has 0 saturated heterocycles. The van der Waals surface area contributed by atoms with Gasteiger partial charge in [0.2, 0.25) is 11.8 Å². The van der Waals surface area contributed by atoms with Gasteiger partial charge in [0.05, 0.1) is 12.0 Å². The summed E-state index contributed by atoms with van der Waals surface area (Å²) >= 11 is 5.94. The molecular formula is C23H33ClN2O6. The average Bonchev–Trinajstić information content (AvgIpc) is 2.68. The molecule has 0 aromatic heterocycles. The highest BCUT2D eigenvalue weighted by atomic mass is 35.5. The molecule has 0 bridgehead atoms.